The van der Waals surface area contributed by atoms with Crippen molar-refractivity contribution in [2.75, 3.05) is 6.54 Å². The van der Waals surface area contributed by atoms with Crippen LogP contribution >= 0.6 is 0 Å². The zero-order valence-electron chi connectivity index (χ0n) is 8.48. The Kier molecular flexibility index (Phi) is 2.38. The average molecular weight is 213 g/mol. The van der Waals surface area contributed by atoms with E-state index in [1.807, 2.05) is 6.92 Å². The maximum atomic E-state index is 13.6. The van der Waals surface area contributed by atoms with Crippen LogP contribution in [0.25, 0.3) is 0 Å². The Morgan fingerprint density at radius 1 is 1.33 bits per heavy atom. The molecule has 1 aliphatic heterocycles. The lowest BCUT2D eigenvalue weighted by molar-refractivity contribution is 0.372. The van der Waals surface area contributed by atoms with Crippen LogP contribution < -0.4 is 5.32 Å². The van der Waals surface area contributed by atoms with Crippen LogP contribution in [0.3, 0.4) is 0 Å². The third kappa shape index (κ3) is 1.59. The normalized spacial score (nSPS) is 25.8. The van der Waals surface area contributed by atoms with E-state index in [2.05, 4.69) is 5.32 Å². The van der Waals surface area contributed by atoms with Gasteiger partial charge in [-0.25, -0.2) is 4.39 Å². The third-order valence-corrected chi connectivity index (χ3v) is 3.03. The summed E-state index contributed by atoms with van der Waals surface area (Å²) in [4.78, 5) is 0. The summed E-state index contributed by atoms with van der Waals surface area (Å²) in [6.45, 7) is 2.65. The predicted molar refractivity (Wildman–Crippen MR) is 52.6 cm³/mol. The number of phenols is 1. The Bertz CT molecular complexity index is 386. The molecule has 1 fully saturated rings. The lowest BCUT2D eigenvalue weighted by atomic mass is 9.90. The molecule has 1 aromatic rings. The average Bonchev–Trinajstić information content (AvgIpc) is 2.62. The van der Waals surface area contributed by atoms with E-state index in [0.717, 1.165) is 19.4 Å². The van der Waals surface area contributed by atoms with Gasteiger partial charge in [-0.2, -0.15) is 4.39 Å². The van der Waals surface area contributed by atoms with E-state index in [-0.39, 0.29) is 5.56 Å². The highest BCUT2D eigenvalue weighted by Gasteiger charge is 2.33. The maximum absolute atomic E-state index is 13.6. The number of phenolic OH excluding ortho intramolecular Hbond substituents is 1. The fourth-order valence-corrected chi connectivity index (χ4v) is 2.09. The second-order valence-electron chi connectivity index (χ2n) is 4.12. The molecule has 0 radical (unpaired) electrons. The van der Waals surface area contributed by atoms with Gasteiger partial charge in [0, 0.05) is 11.1 Å². The van der Waals surface area contributed by atoms with Gasteiger partial charge in [0.05, 0.1) is 0 Å². The summed E-state index contributed by atoms with van der Waals surface area (Å²) < 4.78 is 26.7. The Morgan fingerprint density at radius 3 is 2.67 bits per heavy atom. The number of aromatic hydroxyl groups is 1. The van der Waals surface area contributed by atoms with Gasteiger partial charge in [0.2, 0.25) is 5.82 Å². The Labute approximate surface area is 86.9 Å². The summed E-state index contributed by atoms with van der Waals surface area (Å²) in [5.41, 5.74) is -0.228. The molecule has 0 aromatic heterocycles. The van der Waals surface area contributed by atoms with E-state index >= 15 is 0 Å². The van der Waals surface area contributed by atoms with Gasteiger partial charge in [-0.1, -0.05) is 6.07 Å². The molecule has 0 amide bonds. The molecule has 0 bridgehead atoms. The van der Waals surface area contributed by atoms with Gasteiger partial charge >= 0.3 is 0 Å². The van der Waals surface area contributed by atoms with Crippen LogP contribution in [0.1, 0.15) is 25.3 Å². The summed E-state index contributed by atoms with van der Waals surface area (Å²) >= 11 is 0. The minimum absolute atomic E-state index is 0.287. The number of benzene rings is 1. The Hall–Kier alpha value is -1.16. The standard InChI is InChI=1S/C11H13F2NO/c1-11(5-2-6-14-11)7-3-4-8(15)10(13)9(7)12/h3-4,14-15H,2,5-6H2,1H3. The third-order valence-electron chi connectivity index (χ3n) is 3.03. The number of rotatable bonds is 1. The smallest absolute Gasteiger partial charge is 0.200 e. The molecule has 2 N–H and O–H groups in total. The first-order valence-electron chi connectivity index (χ1n) is 4.97. The van der Waals surface area contributed by atoms with Crippen LogP contribution in [0.4, 0.5) is 8.78 Å². The van der Waals surface area contributed by atoms with E-state index in [4.69, 9.17) is 5.11 Å². The lowest BCUT2D eigenvalue weighted by Gasteiger charge is -2.25. The molecular formula is C11H13F2NO. The molecule has 2 nitrogen and oxygen atoms in total. The minimum atomic E-state index is -1.16. The Balaban J connectivity index is 2.49. The van der Waals surface area contributed by atoms with Crippen molar-refractivity contribution >= 4 is 0 Å². The van der Waals surface area contributed by atoms with E-state index < -0.39 is 22.9 Å². The summed E-state index contributed by atoms with van der Waals surface area (Å²) in [6.07, 6.45) is 1.71. The van der Waals surface area contributed by atoms with Crippen molar-refractivity contribution in [3.63, 3.8) is 0 Å². The molecule has 82 valence electrons. The molecule has 1 aliphatic rings. The first kappa shape index (κ1) is 10.4. The SMILES string of the molecule is CC1(c2ccc(O)c(F)c2F)CCCN1. The highest BCUT2D eigenvalue weighted by Crippen LogP contribution is 2.34. The highest BCUT2D eigenvalue weighted by atomic mass is 19.2. The largest absolute Gasteiger partial charge is 0.505 e. The number of nitrogens with one attached hydrogen (secondary N) is 1. The van der Waals surface area contributed by atoms with Gasteiger partial charge < -0.3 is 10.4 Å². The fourth-order valence-electron chi connectivity index (χ4n) is 2.09. The van der Waals surface area contributed by atoms with Gasteiger partial charge in [-0.05, 0) is 32.4 Å². The summed E-state index contributed by atoms with van der Waals surface area (Å²) in [7, 11) is 0. The second-order valence-corrected chi connectivity index (χ2v) is 4.12. The molecule has 1 aromatic carbocycles. The molecule has 2 rings (SSSR count). The van der Waals surface area contributed by atoms with Crippen LogP contribution in [0.15, 0.2) is 12.1 Å². The van der Waals surface area contributed by atoms with Crippen LogP contribution in [-0.2, 0) is 5.54 Å². The molecule has 1 heterocycles. The van der Waals surface area contributed by atoms with Gasteiger partial charge in [0.15, 0.2) is 11.6 Å². The summed E-state index contributed by atoms with van der Waals surface area (Å²) in [5.74, 6) is -2.76. The van der Waals surface area contributed by atoms with Crippen molar-refractivity contribution < 1.29 is 13.9 Å². The molecule has 15 heavy (non-hydrogen) atoms. The molecular weight excluding hydrogens is 200 g/mol. The second kappa shape index (κ2) is 3.45. The van der Waals surface area contributed by atoms with Crippen molar-refractivity contribution in [1.29, 1.82) is 0 Å². The first-order valence-corrected chi connectivity index (χ1v) is 4.97. The van der Waals surface area contributed by atoms with Gasteiger partial charge in [-0.15, -0.1) is 0 Å². The van der Waals surface area contributed by atoms with Gasteiger partial charge in [0.25, 0.3) is 0 Å². The molecule has 0 saturated carbocycles. The number of halogens is 2. The number of hydrogen-bond acceptors (Lipinski definition) is 2. The van der Waals surface area contributed by atoms with Crippen molar-refractivity contribution in [3.8, 4) is 5.75 Å². The van der Waals surface area contributed by atoms with Crippen LogP contribution in [0, 0.1) is 11.6 Å². The van der Waals surface area contributed by atoms with Crippen molar-refractivity contribution in [3.05, 3.63) is 29.3 Å². The molecule has 1 saturated heterocycles. The van der Waals surface area contributed by atoms with Gasteiger partial charge in [0.1, 0.15) is 0 Å². The van der Waals surface area contributed by atoms with E-state index in [0.29, 0.717) is 0 Å². The monoisotopic (exact) mass is 213 g/mol. The highest BCUT2D eigenvalue weighted by molar-refractivity contribution is 5.34. The fraction of sp³-hybridized carbons (Fsp3) is 0.455. The van der Waals surface area contributed by atoms with Crippen LogP contribution in [-0.4, -0.2) is 11.7 Å². The zero-order valence-corrected chi connectivity index (χ0v) is 8.48. The quantitative estimate of drug-likeness (QED) is 0.750. The molecule has 4 heteroatoms. The van der Waals surface area contributed by atoms with Crippen molar-refractivity contribution in [2.24, 2.45) is 0 Å². The summed E-state index contributed by atoms with van der Waals surface area (Å²) in [6, 6.07) is 2.63. The zero-order chi connectivity index (χ0) is 11.1. The maximum Gasteiger partial charge on any atom is 0.200 e. The molecule has 1 atom stereocenters. The van der Waals surface area contributed by atoms with E-state index in [9.17, 15) is 8.78 Å². The Morgan fingerprint density at radius 2 is 2.07 bits per heavy atom. The van der Waals surface area contributed by atoms with Crippen molar-refractivity contribution in [2.45, 2.75) is 25.3 Å². The minimum Gasteiger partial charge on any atom is -0.505 e. The first-order chi connectivity index (χ1) is 7.04. The van der Waals surface area contributed by atoms with Crippen LogP contribution in [0.5, 0.6) is 5.75 Å². The summed E-state index contributed by atoms with van der Waals surface area (Å²) in [5, 5.41) is 12.2. The molecule has 0 aliphatic carbocycles. The van der Waals surface area contributed by atoms with E-state index in [1.165, 1.54) is 12.1 Å². The van der Waals surface area contributed by atoms with Crippen LogP contribution in [0.2, 0.25) is 0 Å². The number of hydrogen-bond donors (Lipinski definition) is 2. The van der Waals surface area contributed by atoms with Crippen molar-refractivity contribution in [1.82, 2.24) is 5.32 Å². The molecule has 0 spiro atoms. The van der Waals surface area contributed by atoms with E-state index in [1.54, 1.807) is 0 Å². The predicted octanol–water partition coefficient (Wildman–Crippen LogP) is 2.27. The lowest BCUT2D eigenvalue weighted by Crippen LogP contribution is -2.34. The topological polar surface area (TPSA) is 32.3 Å². The molecule has 1 unspecified atom stereocenters. The van der Waals surface area contributed by atoms with Gasteiger partial charge in [-0.3, -0.25) is 0 Å².